The van der Waals surface area contributed by atoms with Crippen molar-refractivity contribution in [2.75, 3.05) is 13.7 Å². The minimum atomic E-state index is -0.937. The van der Waals surface area contributed by atoms with Gasteiger partial charge in [-0.2, -0.15) is 0 Å². The van der Waals surface area contributed by atoms with E-state index < -0.39 is 5.97 Å². The number of ether oxygens (including phenoxy) is 1. The fourth-order valence-electron chi connectivity index (χ4n) is 4.16. The van der Waals surface area contributed by atoms with Crippen molar-refractivity contribution in [1.29, 1.82) is 0 Å². The molecular weight excluding hydrogens is 383 g/mol. The number of hydrogen-bond acceptors (Lipinski definition) is 4. The first-order chi connectivity index (χ1) is 14.6. The molecule has 0 radical (unpaired) electrons. The van der Waals surface area contributed by atoms with Gasteiger partial charge in [-0.05, 0) is 66.3 Å². The smallest absolute Gasteiger partial charge is 0.336 e. The Hall–Kier alpha value is -3.25. The summed E-state index contributed by atoms with van der Waals surface area (Å²) in [5, 5.41) is 12.9. The predicted octanol–water partition coefficient (Wildman–Crippen LogP) is 4.41. The second kappa shape index (κ2) is 8.63. The van der Waals surface area contributed by atoms with Crippen molar-refractivity contribution in [1.82, 2.24) is 10.3 Å². The van der Waals surface area contributed by atoms with Crippen LogP contribution in [0.2, 0.25) is 0 Å². The maximum atomic E-state index is 14.5. The fraction of sp³-hybridized carbons (Fsp3) is 0.250. The van der Waals surface area contributed by atoms with Crippen LogP contribution in [-0.4, -0.2) is 29.7 Å². The summed E-state index contributed by atoms with van der Waals surface area (Å²) in [6.07, 6.45) is 5.33. The lowest BCUT2D eigenvalue weighted by Crippen LogP contribution is -2.30. The van der Waals surface area contributed by atoms with E-state index in [2.05, 4.69) is 10.3 Å². The molecule has 30 heavy (non-hydrogen) atoms. The Kier molecular flexibility index (Phi) is 5.77. The summed E-state index contributed by atoms with van der Waals surface area (Å²) in [4.78, 5) is 15.5. The van der Waals surface area contributed by atoms with Crippen LogP contribution in [0.3, 0.4) is 0 Å². The molecule has 0 saturated heterocycles. The number of hydrogen-bond donors (Lipinski definition) is 2. The minimum Gasteiger partial charge on any atom is -0.496 e. The lowest BCUT2D eigenvalue weighted by Gasteiger charge is -2.28. The molecule has 6 heteroatoms. The van der Waals surface area contributed by atoms with E-state index in [4.69, 9.17) is 4.74 Å². The molecule has 0 fully saturated rings. The normalized spacial score (nSPS) is 15.5. The highest BCUT2D eigenvalue weighted by atomic mass is 19.1. The number of methoxy groups -OCH3 is 1. The van der Waals surface area contributed by atoms with Crippen LogP contribution >= 0.6 is 0 Å². The Balaban J connectivity index is 1.60. The van der Waals surface area contributed by atoms with E-state index in [0.29, 0.717) is 23.3 Å². The summed E-state index contributed by atoms with van der Waals surface area (Å²) >= 11 is 0. The topological polar surface area (TPSA) is 71.5 Å². The summed E-state index contributed by atoms with van der Waals surface area (Å²) in [5.41, 5.74) is 4.63. The standard InChI is InChI=1S/C24H23FN2O3/c1-30-22-4-2-3-20(25)23(22)16-5-7-18-15(13-16)9-12-27-21(18)8-6-17-14-26-11-10-19(17)24(28)29/h2-5,7,10-11,13-14,21,27H,6,8-9,12H2,1H3,(H,28,29)/t21-/m1/s1. The molecule has 1 atom stereocenters. The molecule has 4 rings (SSSR count). The predicted molar refractivity (Wildman–Crippen MR) is 112 cm³/mol. The molecule has 2 aromatic carbocycles. The van der Waals surface area contributed by atoms with E-state index in [1.165, 1.54) is 29.5 Å². The third-order valence-electron chi connectivity index (χ3n) is 5.62. The number of aryl methyl sites for hydroxylation is 1. The highest BCUT2D eigenvalue weighted by molar-refractivity contribution is 5.89. The summed E-state index contributed by atoms with van der Waals surface area (Å²) < 4.78 is 19.9. The van der Waals surface area contributed by atoms with Gasteiger partial charge in [-0.3, -0.25) is 4.98 Å². The van der Waals surface area contributed by atoms with E-state index >= 15 is 0 Å². The molecule has 2 heterocycles. The van der Waals surface area contributed by atoms with E-state index in [1.54, 1.807) is 25.4 Å². The Morgan fingerprint density at radius 3 is 2.97 bits per heavy atom. The Morgan fingerprint density at radius 1 is 1.30 bits per heavy atom. The van der Waals surface area contributed by atoms with Crippen molar-refractivity contribution >= 4 is 5.97 Å². The second-order valence-electron chi connectivity index (χ2n) is 7.36. The fourth-order valence-corrected chi connectivity index (χ4v) is 4.16. The van der Waals surface area contributed by atoms with Gasteiger partial charge in [0.2, 0.25) is 0 Å². The molecule has 0 aliphatic carbocycles. The summed E-state index contributed by atoms with van der Waals surface area (Å²) in [5.74, 6) is -0.733. The van der Waals surface area contributed by atoms with Crippen LogP contribution in [0.4, 0.5) is 4.39 Å². The highest BCUT2D eigenvalue weighted by Gasteiger charge is 2.22. The molecule has 0 bridgehead atoms. The van der Waals surface area contributed by atoms with Crippen molar-refractivity contribution in [2.45, 2.75) is 25.3 Å². The molecule has 0 saturated carbocycles. The maximum absolute atomic E-state index is 14.5. The van der Waals surface area contributed by atoms with Gasteiger partial charge in [0.1, 0.15) is 11.6 Å². The van der Waals surface area contributed by atoms with Gasteiger partial charge < -0.3 is 15.2 Å². The monoisotopic (exact) mass is 406 g/mol. The molecule has 1 aromatic heterocycles. The molecule has 1 aliphatic heterocycles. The molecule has 0 spiro atoms. The quantitative estimate of drug-likeness (QED) is 0.634. The molecule has 3 aromatic rings. The zero-order chi connectivity index (χ0) is 21.1. The number of halogens is 1. The Bertz CT molecular complexity index is 1080. The van der Waals surface area contributed by atoms with Gasteiger partial charge in [0.25, 0.3) is 0 Å². The van der Waals surface area contributed by atoms with Gasteiger partial charge >= 0.3 is 5.97 Å². The first kappa shape index (κ1) is 20.0. The van der Waals surface area contributed by atoms with Crippen molar-refractivity contribution in [3.8, 4) is 16.9 Å². The number of carbonyl (C=O) groups is 1. The number of carboxylic acids is 1. The van der Waals surface area contributed by atoms with E-state index in [1.807, 2.05) is 18.2 Å². The lowest BCUT2D eigenvalue weighted by atomic mass is 9.88. The Labute approximate surface area is 174 Å². The van der Waals surface area contributed by atoms with Crippen LogP contribution in [0, 0.1) is 5.82 Å². The summed E-state index contributed by atoms with van der Waals surface area (Å²) in [6, 6.07) is 12.5. The van der Waals surface area contributed by atoms with Gasteiger partial charge in [-0.25, -0.2) is 9.18 Å². The number of benzene rings is 2. The second-order valence-corrected chi connectivity index (χ2v) is 7.36. The number of nitrogens with one attached hydrogen (secondary N) is 1. The number of aromatic carboxylic acids is 1. The molecule has 2 N–H and O–H groups in total. The van der Waals surface area contributed by atoms with Gasteiger partial charge in [0.05, 0.1) is 18.2 Å². The number of rotatable bonds is 6. The first-order valence-electron chi connectivity index (χ1n) is 9.93. The van der Waals surface area contributed by atoms with E-state index in [9.17, 15) is 14.3 Å². The van der Waals surface area contributed by atoms with Crippen molar-refractivity contribution in [3.05, 3.63) is 82.9 Å². The van der Waals surface area contributed by atoms with Crippen LogP contribution in [-0.2, 0) is 12.8 Å². The van der Waals surface area contributed by atoms with Gasteiger partial charge in [-0.15, -0.1) is 0 Å². The molecule has 5 nitrogen and oxygen atoms in total. The van der Waals surface area contributed by atoms with Crippen LogP contribution in [0.25, 0.3) is 11.1 Å². The lowest BCUT2D eigenvalue weighted by molar-refractivity contribution is 0.0695. The Morgan fingerprint density at radius 2 is 2.17 bits per heavy atom. The molecule has 154 valence electrons. The molecule has 0 amide bonds. The summed E-state index contributed by atoms with van der Waals surface area (Å²) in [7, 11) is 1.54. The molecule has 0 unspecified atom stereocenters. The first-order valence-corrected chi connectivity index (χ1v) is 9.93. The third kappa shape index (κ3) is 3.91. The van der Waals surface area contributed by atoms with E-state index in [-0.39, 0.29) is 11.9 Å². The number of aromatic nitrogens is 1. The zero-order valence-electron chi connectivity index (χ0n) is 16.7. The zero-order valence-corrected chi connectivity index (χ0v) is 16.7. The van der Waals surface area contributed by atoms with Gasteiger partial charge in [0.15, 0.2) is 0 Å². The minimum absolute atomic E-state index is 0.104. The average molecular weight is 406 g/mol. The maximum Gasteiger partial charge on any atom is 0.336 e. The number of carboxylic acid groups (broad SMARTS) is 1. The average Bonchev–Trinajstić information content (AvgIpc) is 2.77. The van der Waals surface area contributed by atoms with Crippen LogP contribution in [0.5, 0.6) is 5.75 Å². The number of fused-ring (bicyclic) bond motifs is 1. The van der Waals surface area contributed by atoms with Crippen LogP contribution in [0.15, 0.2) is 54.9 Å². The largest absolute Gasteiger partial charge is 0.496 e. The number of nitrogens with zero attached hydrogens (tertiary/aromatic N) is 1. The summed E-state index contributed by atoms with van der Waals surface area (Å²) in [6.45, 7) is 0.814. The van der Waals surface area contributed by atoms with Gasteiger partial charge in [-0.1, -0.05) is 24.3 Å². The highest BCUT2D eigenvalue weighted by Crippen LogP contribution is 2.36. The van der Waals surface area contributed by atoms with Crippen LogP contribution < -0.4 is 10.1 Å². The molecular formula is C24H23FN2O3. The number of pyridine rings is 1. The van der Waals surface area contributed by atoms with Crippen molar-refractivity contribution in [2.24, 2.45) is 0 Å². The van der Waals surface area contributed by atoms with Crippen molar-refractivity contribution < 1.29 is 19.0 Å². The van der Waals surface area contributed by atoms with Crippen molar-refractivity contribution in [3.63, 3.8) is 0 Å². The molecule has 1 aliphatic rings. The van der Waals surface area contributed by atoms with Gasteiger partial charge in [0, 0.05) is 18.4 Å². The third-order valence-corrected chi connectivity index (χ3v) is 5.62. The van der Waals surface area contributed by atoms with Crippen LogP contribution in [0.1, 0.15) is 39.5 Å². The van der Waals surface area contributed by atoms with E-state index in [0.717, 1.165) is 30.5 Å². The SMILES string of the molecule is COc1cccc(F)c1-c1ccc2c(c1)CCN[C@@H]2CCc1cnccc1C(=O)O.